The van der Waals surface area contributed by atoms with Crippen molar-refractivity contribution in [2.45, 2.75) is 30.9 Å². The summed E-state index contributed by atoms with van der Waals surface area (Å²) in [5, 5.41) is 13.2. The van der Waals surface area contributed by atoms with E-state index < -0.39 is 28.2 Å². The molecule has 0 aromatic heterocycles. The smallest absolute Gasteiger partial charge is 0.357 e. The molecular formula is C26H26N4O7S. The third-order valence-corrected chi connectivity index (χ3v) is 7.84. The fraction of sp³-hybridized carbons (Fsp3) is 0.346. The van der Waals surface area contributed by atoms with Gasteiger partial charge in [-0.1, -0.05) is 18.2 Å². The van der Waals surface area contributed by atoms with Crippen LogP contribution in [0.5, 0.6) is 5.75 Å². The number of carbonyl (C=O) groups excluding carboxylic acids is 3. The summed E-state index contributed by atoms with van der Waals surface area (Å²) in [6, 6.07) is 13.9. The molecule has 3 heterocycles. The summed E-state index contributed by atoms with van der Waals surface area (Å²) in [5.41, 5.74) is 1.49. The summed E-state index contributed by atoms with van der Waals surface area (Å²) >= 11 is 1.49. The van der Waals surface area contributed by atoms with E-state index in [1.165, 1.54) is 40.9 Å². The first-order chi connectivity index (χ1) is 18.4. The number of β-lactam (4-membered cyclic amide) rings is 1. The van der Waals surface area contributed by atoms with Gasteiger partial charge in [-0.25, -0.2) is 4.79 Å². The number of benzene rings is 2. The van der Waals surface area contributed by atoms with E-state index in [2.05, 4.69) is 10.2 Å². The molecule has 0 spiro atoms. The lowest BCUT2D eigenvalue weighted by Crippen LogP contribution is -2.71. The van der Waals surface area contributed by atoms with Crippen LogP contribution in [-0.2, 0) is 25.7 Å². The van der Waals surface area contributed by atoms with Crippen LogP contribution in [0.15, 0.2) is 66.0 Å². The van der Waals surface area contributed by atoms with E-state index in [1.54, 1.807) is 24.3 Å². The Bertz CT molecular complexity index is 1260. The Kier molecular flexibility index (Phi) is 7.50. The maximum atomic E-state index is 13.3. The van der Waals surface area contributed by atoms with Gasteiger partial charge in [0.1, 0.15) is 23.8 Å². The molecule has 0 radical (unpaired) electrons. The lowest BCUT2D eigenvalue weighted by atomic mass is 10.0. The average Bonchev–Trinajstić information content (AvgIpc) is 3.48. The summed E-state index contributed by atoms with van der Waals surface area (Å²) < 4.78 is 11.0. The van der Waals surface area contributed by atoms with Crippen LogP contribution in [0, 0.1) is 10.1 Å². The van der Waals surface area contributed by atoms with Crippen LogP contribution in [0.3, 0.4) is 0 Å². The number of nitro benzene ring substituents is 1. The Balaban J connectivity index is 1.27. The number of hydrogen-bond donors (Lipinski definition) is 1. The van der Waals surface area contributed by atoms with Crippen LogP contribution >= 0.6 is 11.8 Å². The van der Waals surface area contributed by atoms with Crippen molar-refractivity contribution in [3.63, 3.8) is 0 Å². The highest BCUT2D eigenvalue weighted by atomic mass is 32.2. The normalized spacial score (nSPS) is 20.5. The van der Waals surface area contributed by atoms with Gasteiger partial charge >= 0.3 is 5.97 Å². The molecule has 2 amide bonds. The van der Waals surface area contributed by atoms with Crippen molar-refractivity contribution in [3.05, 3.63) is 81.7 Å². The van der Waals surface area contributed by atoms with E-state index in [0.29, 0.717) is 17.1 Å². The highest BCUT2D eigenvalue weighted by molar-refractivity contribution is 8.00. The van der Waals surface area contributed by atoms with Crippen LogP contribution < -0.4 is 10.1 Å². The van der Waals surface area contributed by atoms with Crippen molar-refractivity contribution in [1.82, 2.24) is 15.1 Å². The zero-order chi connectivity index (χ0) is 26.6. The molecule has 0 unspecified atom stereocenters. The van der Waals surface area contributed by atoms with Gasteiger partial charge in [-0.2, -0.15) is 0 Å². The number of nitrogens with one attached hydrogen (secondary N) is 1. The van der Waals surface area contributed by atoms with Crippen molar-refractivity contribution in [2.24, 2.45) is 0 Å². The molecule has 3 aliphatic rings. The van der Waals surface area contributed by atoms with Gasteiger partial charge in [-0.3, -0.25) is 24.6 Å². The number of carbonyl (C=O) groups is 3. The zero-order valence-corrected chi connectivity index (χ0v) is 21.2. The largest absolute Gasteiger partial charge is 0.484 e. The van der Waals surface area contributed by atoms with Crippen LogP contribution in [-0.4, -0.2) is 69.4 Å². The van der Waals surface area contributed by atoms with Crippen LogP contribution in [0.4, 0.5) is 5.69 Å². The average molecular weight is 539 g/mol. The first kappa shape index (κ1) is 25.6. The molecule has 11 nitrogen and oxygen atoms in total. The molecule has 0 saturated carbocycles. The number of amides is 2. The van der Waals surface area contributed by atoms with Crippen molar-refractivity contribution in [3.8, 4) is 5.75 Å². The lowest BCUT2D eigenvalue weighted by molar-refractivity contribution is -0.384. The van der Waals surface area contributed by atoms with E-state index in [4.69, 9.17) is 9.47 Å². The Morgan fingerprint density at radius 3 is 2.47 bits per heavy atom. The Morgan fingerprint density at radius 2 is 1.79 bits per heavy atom. The van der Waals surface area contributed by atoms with E-state index in [1.807, 2.05) is 6.07 Å². The standard InChI is InChI=1S/C26H26N4O7S/c31-21(15-36-19-6-2-1-3-7-19)27-22-24(32)29-23(20(16-38-25(22)29)28-12-4-5-13-28)26(33)37-14-17-8-10-18(11-9-17)30(34)35/h1-3,6-11,22,25H,4-5,12-16H2,(H,27,31)/t22-,25+/m1/s1. The number of hydrogen-bond acceptors (Lipinski definition) is 9. The fourth-order valence-electron chi connectivity index (χ4n) is 4.63. The fourth-order valence-corrected chi connectivity index (χ4v) is 6.02. The number of ether oxygens (including phenoxy) is 2. The number of nitrogens with zero attached hydrogens (tertiary/aromatic N) is 3. The Labute approximate surface area is 222 Å². The molecule has 5 rings (SSSR count). The first-order valence-electron chi connectivity index (χ1n) is 12.2. The molecule has 0 bridgehead atoms. The predicted octanol–water partition coefficient (Wildman–Crippen LogP) is 2.42. The molecule has 3 aliphatic heterocycles. The molecule has 12 heteroatoms. The minimum Gasteiger partial charge on any atom is -0.484 e. The van der Waals surface area contributed by atoms with Gasteiger partial charge in [0.25, 0.3) is 17.5 Å². The molecule has 2 saturated heterocycles. The van der Waals surface area contributed by atoms with Crippen LogP contribution in [0.1, 0.15) is 18.4 Å². The number of non-ortho nitro benzene ring substituents is 1. The summed E-state index contributed by atoms with van der Waals surface area (Å²) in [6.07, 6.45) is 1.99. The third-order valence-electron chi connectivity index (χ3n) is 6.58. The second-order valence-corrected chi connectivity index (χ2v) is 10.2. The summed E-state index contributed by atoms with van der Waals surface area (Å²) in [7, 11) is 0. The van der Waals surface area contributed by atoms with Gasteiger partial charge in [-0.15, -0.1) is 11.8 Å². The molecule has 198 valence electrons. The van der Waals surface area contributed by atoms with Gasteiger partial charge in [0.05, 0.1) is 10.6 Å². The summed E-state index contributed by atoms with van der Waals surface area (Å²) in [5.74, 6) is -0.393. The van der Waals surface area contributed by atoms with Gasteiger partial charge in [0, 0.05) is 31.0 Å². The number of nitro groups is 1. The Hall–Kier alpha value is -4.06. The zero-order valence-electron chi connectivity index (χ0n) is 20.4. The third kappa shape index (κ3) is 5.30. The van der Waals surface area contributed by atoms with Crippen molar-refractivity contribution in [1.29, 1.82) is 0 Å². The number of thioether (sulfide) groups is 1. The first-order valence-corrected chi connectivity index (χ1v) is 13.3. The number of rotatable bonds is 9. The predicted molar refractivity (Wildman–Crippen MR) is 138 cm³/mol. The van der Waals surface area contributed by atoms with E-state index in [9.17, 15) is 24.5 Å². The van der Waals surface area contributed by atoms with Gasteiger partial charge in [-0.05, 0) is 42.7 Å². The minimum absolute atomic E-state index is 0.0558. The van der Waals surface area contributed by atoms with Crippen molar-refractivity contribution in [2.75, 3.05) is 25.4 Å². The Morgan fingerprint density at radius 1 is 1.08 bits per heavy atom. The molecule has 0 aliphatic carbocycles. The second-order valence-electron chi connectivity index (χ2n) is 9.05. The van der Waals surface area contributed by atoms with Gasteiger partial charge in [0.15, 0.2) is 12.3 Å². The maximum Gasteiger partial charge on any atom is 0.357 e. The highest BCUT2D eigenvalue weighted by Gasteiger charge is 2.55. The van der Waals surface area contributed by atoms with Crippen molar-refractivity contribution < 1.29 is 28.8 Å². The number of fused-ring (bicyclic) bond motifs is 1. The highest BCUT2D eigenvalue weighted by Crippen LogP contribution is 2.42. The lowest BCUT2D eigenvalue weighted by Gasteiger charge is -2.50. The van der Waals surface area contributed by atoms with Gasteiger partial charge in [0.2, 0.25) is 0 Å². The number of likely N-dealkylation sites (tertiary alicyclic amines) is 1. The van der Waals surface area contributed by atoms with Crippen LogP contribution in [0.25, 0.3) is 0 Å². The molecule has 38 heavy (non-hydrogen) atoms. The topological polar surface area (TPSA) is 131 Å². The minimum atomic E-state index is -0.774. The van der Waals surface area contributed by atoms with Crippen LogP contribution in [0.2, 0.25) is 0 Å². The maximum absolute atomic E-state index is 13.3. The molecule has 2 aromatic carbocycles. The van der Waals surface area contributed by atoms with E-state index >= 15 is 0 Å². The number of para-hydroxylation sites is 1. The summed E-state index contributed by atoms with van der Waals surface area (Å²) in [4.78, 5) is 52.9. The van der Waals surface area contributed by atoms with Gasteiger partial charge < -0.3 is 19.7 Å². The summed E-state index contributed by atoms with van der Waals surface area (Å²) in [6.45, 7) is 1.26. The quantitative estimate of drug-likeness (QED) is 0.221. The monoisotopic (exact) mass is 538 g/mol. The van der Waals surface area contributed by atoms with E-state index in [0.717, 1.165) is 31.6 Å². The SMILES string of the molecule is O=C(COc1ccccc1)N[C@@H]1C(=O)N2C(C(=O)OCc3ccc([N+](=O)[O-])cc3)=C(N3CCCC3)CS[C@@H]12. The number of esters is 1. The second kappa shape index (κ2) is 11.1. The van der Waals surface area contributed by atoms with E-state index in [-0.39, 0.29) is 30.5 Å². The molecule has 2 fully saturated rings. The molecule has 1 N–H and O–H groups in total. The molecular weight excluding hydrogens is 512 g/mol. The molecule has 2 atom stereocenters. The van der Waals surface area contributed by atoms with Crippen molar-refractivity contribution >= 4 is 35.2 Å². The molecule has 2 aromatic rings.